The van der Waals surface area contributed by atoms with Gasteiger partial charge in [-0.15, -0.1) is 5.10 Å². The summed E-state index contributed by atoms with van der Waals surface area (Å²) in [5.41, 5.74) is 1.82. The fraction of sp³-hybridized carbons (Fsp3) is 0.286. The van der Waals surface area contributed by atoms with E-state index in [0.717, 1.165) is 11.3 Å². The average Bonchev–Trinajstić information content (AvgIpc) is 3.12. The zero-order chi connectivity index (χ0) is 15.0. The molecule has 1 aliphatic heterocycles. The predicted molar refractivity (Wildman–Crippen MR) is 74.5 cm³/mol. The van der Waals surface area contributed by atoms with E-state index in [1.807, 2.05) is 6.92 Å². The molecule has 1 aliphatic rings. The van der Waals surface area contributed by atoms with E-state index in [-0.39, 0.29) is 17.3 Å². The van der Waals surface area contributed by atoms with Gasteiger partial charge in [0.1, 0.15) is 5.82 Å². The highest BCUT2D eigenvalue weighted by Crippen LogP contribution is 2.29. The minimum absolute atomic E-state index is 0.141. The summed E-state index contributed by atoms with van der Waals surface area (Å²) >= 11 is 0. The lowest BCUT2D eigenvalue weighted by molar-refractivity contribution is 0.0696. The molecule has 7 heteroatoms. The molecule has 1 amide bonds. The minimum atomic E-state index is -0.968. The van der Waals surface area contributed by atoms with Crippen LogP contribution in [-0.2, 0) is 12.8 Å². The second-order valence-electron chi connectivity index (χ2n) is 4.81. The molecule has 108 valence electrons. The fourth-order valence-electron chi connectivity index (χ4n) is 2.42. The molecular formula is C14H14N4O3. The number of aromatic nitrogens is 3. The molecule has 0 atom stereocenters. The number of anilines is 1. The molecule has 0 spiro atoms. The molecule has 0 radical (unpaired) electrons. The van der Waals surface area contributed by atoms with Gasteiger partial charge in [-0.3, -0.25) is 9.89 Å². The van der Waals surface area contributed by atoms with Gasteiger partial charge in [-0.25, -0.2) is 9.78 Å². The standard InChI is InChI=1S/C14H14N4O3/c1-2-11-15-12(17-16-11)13(19)18-6-5-8-7-9(14(20)21)3-4-10(8)18/h3-4,7H,2,5-6H2,1H3,(H,20,21)(H,15,16,17). The number of benzene rings is 1. The summed E-state index contributed by atoms with van der Waals surface area (Å²) < 4.78 is 0. The first-order valence-electron chi connectivity index (χ1n) is 6.69. The molecule has 0 saturated heterocycles. The highest BCUT2D eigenvalue weighted by molar-refractivity contribution is 6.05. The number of H-pyrrole nitrogens is 1. The van der Waals surface area contributed by atoms with Crippen LogP contribution in [0.1, 0.15) is 39.3 Å². The summed E-state index contributed by atoms with van der Waals surface area (Å²) in [7, 11) is 0. The number of carbonyl (C=O) groups excluding carboxylic acids is 1. The Kier molecular flexibility index (Phi) is 3.17. The van der Waals surface area contributed by atoms with Crippen molar-refractivity contribution < 1.29 is 14.7 Å². The highest BCUT2D eigenvalue weighted by Gasteiger charge is 2.28. The number of carboxylic acids is 1. The Morgan fingerprint density at radius 2 is 2.24 bits per heavy atom. The van der Waals surface area contributed by atoms with Crippen molar-refractivity contribution in [1.29, 1.82) is 0 Å². The Morgan fingerprint density at radius 1 is 1.43 bits per heavy atom. The van der Waals surface area contributed by atoms with Crippen molar-refractivity contribution in [3.63, 3.8) is 0 Å². The predicted octanol–water partition coefficient (Wildman–Crippen LogP) is 1.27. The van der Waals surface area contributed by atoms with Crippen LogP contribution in [0.4, 0.5) is 5.69 Å². The van der Waals surface area contributed by atoms with Crippen LogP contribution in [0.3, 0.4) is 0 Å². The summed E-state index contributed by atoms with van der Waals surface area (Å²) in [5, 5.41) is 15.6. The first-order chi connectivity index (χ1) is 10.1. The molecule has 0 fully saturated rings. The molecule has 0 saturated carbocycles. The number of fused-ring (bicyclic) bond motifs is 1. The maximum atomic E-state index is 12.4. The van der Waals surface area contributed by atoms with E-state index >= 15 is 0 Å². The van der Waals surface area contributed by atoms with E-state index in [2.05, 4.69) is 15.2 Å². The molecule has 1 aromatic heterocycles. The first kappa shape index (κ1) is 13.3. The number of aromatic carboxylic acids is 1. The molecule has 0 aliphatic carbocycles. The molecule has 2 heterocycles. The molecule has 3 rings (SSSR count). The Hall–Kier alpha value is -2.70. The number of rotatable bonds is 3. The second kappa shape index (κ2) is 5.01. The van der Waals surface area contributed by atoms with Crippen molar-refractivity contribution in [3.05, 3.63) is 41.0 Å². The van der Waals surface area contributed by atoms with Gasteiger partial charge in [-0.1, -0.05) is 6.92 Å². The number of nitrogens with one attached hydrogen (secondary N) is 1. The smallest absolute Gasteiger partial charge is 0.335 e. The zero-order valence-corrected chi connectivity index (χ0v) is 11.5. The van der Waals surface area contributed by atoms with E-state index in [1.54, 1.807) is 17.0 Å². The van der Waals surface area contributed by atoms with Crippen LogP contribution in [0.2, 0.25) is 0 Å². The molecule has 0 bridgehead atoms. The average molecular weight is 286 g/mol. The van der Waals surface area contributed by atoms with E-state index in [1.165, 1.54) is 6.07 Å². The van der Waals surface area contributed by atoms with Crippen LogP contribution in [0, 0.1) is 0 Å². The number of amides is 1. The number of hydrogen-bond donors (Lipinski definition) is 2. The van der Waals surface area contributed by atoms with Gasteiger partial charge >= 0.3 is 5.97 Å². The zero-order valence-electron chi connectivity index (χ0n) is 11.5. The van der Waals surface area contributed by atoms with Gasteiger partial charge in [0.15, 0.2) is 0 Å². The number of aromatic amines is 1. The summed E-state index contributed by atoms with van der Waals surface area (Å²) in [4.78, 5) is 29.1. The van der Waals surface area contributed by atoms with Crippen LogP contribution in [0.25, 0.3) is 0 Å². The van der Waals surface area contributed by atoms with E-state index in [9.17, 15) is 9.59 Å². The second-order valence-corrected chi connectivity index (χ2v) is 4.81. The van der Waals surface area contributed by atoms with Gasteiger partial charge in [0.25, 0.3) is 5.91 Å². The monoisotopic (exact) mass is 286 g/mol. The van der Waals surface area contributed by atoms with E-state index in [4.69, 9.17) is 5.11 Å². The van der Waals surface area contributed by atoms with Gasteiger partial charge in [-0.05, 0) is 30.2 Å². The van der Waals surface area contributed by atoms with Gasteiger partial charge in [0.2, 0.25) is 5.82 Å². The maximum Gasteiger partial charge on any atom is 0.335 e. The molecule has 21 heavy (non-hydrogen) atoms. The third kappa shape index (κ3) is 2.26. The lowest BCUT2D eigenvalue weighted by Gasteiger charge is -2.15. The Morgan fingerprint density at radius 3 is 2.90 bits per heavy atom. The van der Waals surface area contributed by atoms with Crippen molar-refractivity contribution >= 4 is 17.6 Å². The molecule has 7 nitrogen and oxygen atoms in total. The normalized spacial score (nSPS) is 13.3. The van der Waals surface area contributed by atoms with Crippen molar-refractivity contribution in [3.8, 4) is 0 Å². The van der Waals surface area contributed by atoms with Crippen LogP contribution < -0.4 is 4.90 Å². The lowest BCUT2D eigenvalue weighted by atomic mass is 10.1. The number of hydrogen-bond acceptors (Lipinski definition) is 4. The third-order valence-corrected chi connectivity index (χ3v) is 3.53. The Labute approximate surface area is 120 Å². The maximum absolute atomic E-state index is 12.4. The minimum Gasteiger partial charge on any atom is -0.478 e. The van der Waals surface area contributed by atoms with Crippen LogP contribution >= 0.6 is 0 Å². The fourth-order valence-corrected chi connectivity index (χ4v) is 2.42. The number of carboxylic acid groups (broad SMARTS) is 1. The largest absolute Gasteiger partial charge is 0.478 e. The molecule has 1 aromatic carbocycles. The highest BCUT2D eigenvalue weighted by atomic mass is 16.4. The molecular weight excluding hydrogens is 272 g/mol. The lowest BCUT2D eigenvalue weighted by Crippen LogP contribution is -2.29. The topological polar surface area (TPSA) is 99.2 Å². The van der Waals surface area contributed by atoms with Crippen LogP contribution in [-0.4, -0.2) is 38.7 Å². The van der Waals surface area contributed by atoms with Crippen molar-refractivity contribution in [2.45, 2.75) is 19.8 Å². The van der Waals surface area contributed by atoms with Crippen LogP contribution in [0.5, 0.6) is 0 Å². The van der Waals surface area contributed by atoms with Gasteiger partial charge in [0, 0.05) is 18.7 Å². The summed E-state index contributed by atoms with van der Waals surface area (Å²) in [6, 6.07) is 4.78. The number of aryl methyl sites for hydroxylation is 1. The SMILES string of the molecule is CCc1nc(C(=O)N2CCc3cc(C(=O)O)ccc32)n[nH]1. The summed E-state index contributed by atoms with van der Waals surface area (Å²) in [5.74, 6) is -0.432. The Balaban J connectivity index is 1.90. The van der Waals surface area contributed by atoms with Gasteiger partial charge in [0.05, 0.1) is 5.56 Å². The van der Waals surface area contributed by atoms with Crippen molar-refractivity contribution in [2.24, 2.45) is 0 Å². The van der Waals surface area contributed by atoms with E-state index < -0.39 is 5.97 Å². The van der Waals surface area contributed by atoms with Gasteiger partial charge in [-0.2, -0.15) is 0 Å². The third-order valence-electron chi connectivity index (χ3n) is 3.53. The molecule has 2 aromatic rings. The molecule has 0 unspecified atom stereocenters. The van der Waals surface area contributed by atoms with Gasteiger partial charge < -0.3 is 10.0 Å². The number of nitrogens with zero attached hydrogens (tertiary/aromatic N) is 3. The summed E-state index contributed by atoms with van der Waals surface area (Å²) in [6.07, 6.45) is 1.31. The van der Waals surface area contributed by atoms with E-state index in [0.29, 0.717) is 25.2 Å². The van der Waals surface area contributed by atoms with Crippen LogP contribution in [0.15, 0.2) is 18.2 Å². The summed E-state index contributed by atoms with van der Waals surface area (Å²) in [6.45, 7) is 2.43. The Bertz CT molecular complexity index is 723. The first-order valence-corrected chi connectivity index (χ1v) is 6.69. The van der Waals surface area contributed by atoms with Crippen molar-refractivity contribution in [1.82, 2.24) is 15.2 Å². The van der Waals surface area contributed by atoms with Crippen molar-refractivity contribution in [2.75, 3.05) is 11.4 Å². The molecule has 2 N–H and O–H groups in total. The number of carbonyl (C=O) groups is 2. The quantitative estimate of drug-likeness (QED) is 0.885.